The van der Waals surface area contributed by atoms with E-state index in [2.05, 4.69) is 23.3 Å². The quantitative estimate of drug-likeness (QED) is 0.769. The first-order chi connectivity index (χ1) is 9.34. The predicted molar refractivity (Wildman–Crippen MR) is 75.7 cm³/mol. The summed E-state index contributed by atoms with van der Waals surface area (Å²) >= 11 is 0. The molecule has 3 nitrogen and oxygen atoms in total. The van der Waals surface area contributed by atoms with Gasteiger partial charge in [0, 0.05) is 35.9 Å². The SMILES string of the molecule is CC(NCc1coc2ccccc12)c1ccncc1. The summed E-state index contributed by atoms with van der Waals surface area (Å²) < 4.78 is 5.54. The summed E-state index contributed by atoms with van der Waals surface area (Å²) in [6.45, 7) is 2.94. The first-order valence-electron chi connectivity index (χ1n) is 6.43. The van der Waals surface area contributed by atoms with Crippen molar-refractivity contribution in [2.24, 2.45) is 0 Å². The summed E-state index contributed by atoms with van der Waals surface area (Å²) in [7, 11) is 0. The molecule has 2 heterocycles. The van der Waals surface area contributed by atoms with Crippen molar-refractivity contribution in [3.63, 3.8) is 0 Å². The fourth-order valence-electron chi connectivity index (χ4n) is 2.20. The van der Waals surface area contributed by atoms with Gasteiger partial charge in [-0.15, -0.1) is 0 Å². The van der Waals surface area contributed by atoms with E-state index in [0.717, 1.165) is 12.1 Å². The minimum absolute atomic E-state index is 0.289. The van der Waals surface area contributed by atoms with E-state index in [1.54, 1.807) is 0 Å². The molecule has 0 aliphatic carbocycles. The topological polar surface area (TPSA) is 38.1 Å². The highest BCUT2D eigenvalue weighted by atomic mass is 16.3. The summed E-state index contributed by atoms with van der Waals surface area (Å²) in [5.74, 6) is 0. The second-order valence-corrected chi connectivity index (χ2v) is 4.64. The van der Waals surface area contributed by atoms with Gasteiger partial charge in [0.05, 0.1) is 6.26 Å². The molecule has 1 N–H and O–H groups in total. The van der Waals surface area contributed by atoms with Gasteiger partial charge < -0.3 is 9.73 Å². The highest BCUT2D eigenvalue weighted by Crippen LogP contribution is 2.21. The van der Waals surface area contributed by atoms with Crippen LogP contribution in [0.3, 0.4) is 0 Å². The molecule has 3 heteroatoms. The number of nitrogens with zero attached hydrogens (tertiary/aromatic N) is 1. The van der Waals surface area contributed by atoms with Crippen LogP contribution in [0.25, 0.3) is 11.0 Å². The van der Waals surface area contributed by atoms with Crippen molar-refractivity contribution >= 4 is 11.0 Å². The normalized spacial score (nSPS) is 12.7. The molecule has 0 fully saturated rings. The van der Waals surface area contributed by atoms with Crippen LogP contribution in [0.4, 0.5) is 0 Å². The van der Waals surface area contributed by atoms with Gasteiger partial charge in [-0.1, -0.05) is 18.2 Å². The average molecular weight is 252 g/mol. The fourth-order valence-corrected chi connectivity index (χ4v) is 2.20. The van der Waals surface area contributed by atoms with Crippen molar-refractivity contribution in [3.8, 4) is 0 Å². The van der Waals surface area contributed by atoms with Crippen LogP contribution >= 0.6 is 0 Å². The molecule has 0 saturated heterocycles. The molecule has 1 unspecified atom stereocenters. The standard InChI is InChI=1S/C16H16N2O/c1-12(13-6-8-17-9-7-13)18-10-14-11-19-16-5-3-2-4-15(14)16/h2-9,11-12,18H,10H2,1H3. The van der Waals surface area contributed by atoms with Crippen LogP contribution < -0.4 is 5.32 Å². The number of para-hydroxylation sites is 1. The lowest BCUT2D eigenvalue weighted by atomic mass is 10.1. The highest BCUT2D eigenvalue weighted by molar-refractivity contribution is 5.80. The molecular formula is C16H16N2O. The van der Waals surface area contributed by atoms with E-state index in [1.807, 2.05) is 49.0 Å². The van der Waals surface area contributed by atoms with E-state index in [4.69, 9.17) is 4.42 Å². The Balaban J connectivity index is 1.73. The Labute approximate surface area is 112 Å². The largest absolute Gasteiger partial charge is 0.464 e. The van der Waals surface area contributed by atoms with Gasteiger partial charge in [-0.2, -0.15) is 0 Å². The molecular weight excluding hydrogens is 236 g/mol. The molecule has 0 amide bonds. The molecule has 0 aliphatic rings. The molecule has 3 rings (SSSR count). The molecule has 0 aliphatic heterocycles. The second kappa shape index (κ2) is 5.24. The van der Waals surface area contributed by atoms with Gasteiger partial charge in [-0.05, 0) is 30.7 Å². The Kier molecular flexibility index (Phi) is 3.29. The second-order valence-electron chi connectivity index (χ2n) is 4.64. The van der Waals surface area contributed by atoms with Crippen molar-refractivity contribution in [1.82, 2.24) is 10.3 Å². The maximum absolute atomic E-state index is 5.54. The van der Waals surface area contributed by atoms with Crippen LogP contribution in [0.15, 0.2) is 59.5 Å². The number of fused-ring (bicyclic) bond motifs is 1. The number of rotatable bonds is 4. The molecule has 0 spiro atoms. The van der Waals surface area contributed by atoms with Gasteiger partial charge in [0.1, 0.15) is 5.58 Å². The molecule has 0 radical (unpaired) electrons. The molecule has 1 aromatic carbocycles. The Hall–Kier alpha value is -2.13. The van der Waals surface area contributed by atoms with E-state index in [9.17, 15) is 0 Å². The molecule has 0 bridgehead atoms. The van der Waals surface area contributed by atoms with Crippen molar-refractivity contribution in [2.75, 3.05) is 0 Å². The van der Waals surface area contributed by atoms with E-state index >= 15 is 0 Å². The first kappa shape index (κ1) is 11.9. The van der Waals surface area contributed by atoms with E-state index in [0.29, 0.717) is 0 Å². The number of hydrogen-bond acceptors (Lipinski definition) is 3. The van der Waals surface area contributed by atoms with E-state index in [1.165, 1.54) is 16.5 Å². The third-order valence-electron chi connectivity index (χ3n) is 3.37. The summed E-state index contributed by atoms with van der Waals surface area (Å²) in [6.07, 6.45) is 5.47. The zero-order valence-electron chi connectivity index (χ0n) is 10.8. The zero-order chi connectivity index (χ0) is 13.1. The van der Waals surface area contributed by atoms with E-state index < -0.39 is 0 Å². The molecule has 19 heavy (non-hydrogen) atoms. The van der Waals surface area contributed by atoms with Crippen molar-refractivity contribution in [3.05, 3.63) is 66.2 Å². The summed E-state index contributed by atoms with van der Waals surface area (Å²) in [6, 6.07) is 12.5. The number of benzene rings is 1. The van der Waals surface area contributed by atoms with Gasteiger partial charge in [0.2, 0.25) is 0 Å². The molecule has 96 valence electrons. The minimum Gasteiger partial charge on any atom is -0.464 e. The number of nitrogens with one attached hydrogen (secondary N) is 1. The Morgan fingerprint density at radius 2 is 1.95 bits per heavy atom. The Morgan fingerprint density at radius 3 is 2.79 bits per heavy atom. The van der Waals surface area contributed by atoms with Crippen molar-refractivity contribution < 1.29 is 4.42 Å². The molecule has 2 aromatic heterocycles. The predicted octanol–water partition coefficient (Wildman–Crippen LogP) is 3.68. The highest BCUT2D eigenvalue weighted by Gasteiger charge is 2.08. The maximum Gasteiger partial charge on any atom is 0.134 e. The van der Waals surface area contributed by atoms with Crippen LogP contribution in [0.5, 0.6) is 0 Å². The average Bonchev–Trinajstić information content (AvgIpc) is 2.89. The monoisotopic (exact) mass is 252 g/mol. The number of aromatic nitrogens is 1. The van der Waals surface area contributed by atoms with Gasteiger partial charge in [-0.25, -0.2) is 0 Å². The molecule has 1 atom stereocenters. The maximum atomic E-state index is 5.54. The first-order valence-corrected chi connectivity index (χ1v) is 6.43. The zero-order valence-corrected chi connectivity index (χ0v) is 10.8. The summed E-state index contributed by atoms with van der Waals surface area (Å²) in [5.41, 5.74) is 3.37. The lowest BCUT2D eigenvalue weighted by Gasteiger charge is -2.13. The number of hydrogen-bond donors (Lipinski definition) is 1. The lowest BCUT2D eigenvalue weighted by molar-refractivity contribution is 0.562. The van der Waals surface area contributed by atoms with Crippen LogP contribution in [0, 0.1) is 0 Å². The van der Waals surface area contributed by atoms with Gasteiger partial charge in [-0.3, -0.25) is 4.98 Å². The third-order valence-corrected chi connectivity index (χ3v) is 3.37. The molecule has 3 aromatic rings. The molecule has 0 saturated carbocycles. The van der Waals surface area contributed by atoms with Gasteiger partial charge >= 0.3 is 0 Å². The van der Waals surface area contributed by atoms with Crippen molar-refractivity contribution in [1.29, 1.82) is 0 Å². The fraction of sp³-hybridized carbons (Fsp3) is 0.188. The van der Waals surface area contributed by atoms with Gasteiger partial charge in [0.15, 0.2) is 0 Å². The smallest absolute Gasteiger partial charge is 0.134 e. The summed E-state index contributed by atoms with van der Waals surface area (Å²) in [5, 5.41) is 4.68. The van der Waals surface area contributed by atoms with Gasteiger partial charge in [0.25, 0.3) is 0 Å². The van der Waals surface area contributed by atoms with Crippen molar-refractivity contribution in [2.45, 2.75) is 19.5 Å². The Morgan fingerprint density at radius 1 is 1.16 bits per heavy atom. The Bertz CT molecular complexity index is 661. The van der Waals surface area contributed by atoms with Crippen LogP contribution in [0.1, 0.15) is 24.1 Å². The van der Waals surface area contributed by atoms with Crippen LogP contribution in [-0.4, -0.2) is 4.98 Å². The number of furan rings is 1. The van der Waals surface area contributed by atoms with Crippen LogP contribution in [0.2, 0.25) is 0 Å². The lowest BCUT2D eigenvalue weighted by Crippen LogP contribution is -2.17. The van der Waals surface area contributed by atoms with Crippen LogP contribution in [-0.2, 0) is 6.54 Å². The summed E-state index contributed by atoms with van der Waals surface area (Å²) in [4.78, 5) is 4.04. The minimum atomic E-state index is 0.289. The third kappa shape index (κ3) is 2.51. The number of pyridine rings is 1. The van der Waals surface area contributed by atoms with E-state index in [-0.39, 0.29) is 6.04 Å².